The van der Waals surface area contributed by atoms with Gasteiger partial charge in [-0.25, -0.2) is 4.79 Å². The van der Waals surface area contributed by atoms with E-state index < -0.39 is 60.8 Å². The third-order valence-corrected chi connectivity index (χ3v) is 2.26. The van der Waals surface area contributed by atoms with Crippen LogP contribution in [0, 0.1) is 0 Å². The molecule has 0 spiro atoms. The van der Waals surface area contributed by atoms with Gasteiger partial charge in [0.05, 0.1) is 19.3 Å². The molecule has 0 saturated carbocycles. The van der Waals surface area contributed by atoms with Crippen molar-refractivity contribution < 1.29 is 179 Å². The fourth-order valence-electron chi connectivity index (χ4n) is 1.36. The maximum Gasteiger partial charge on any atom is 1.00 e. The third kappa shape index (κ3) is 16.2. The molecule has 0 aliphatic carbocycles. The zero-order chi connectivity index (χ0) is 16.8. The van der Waals surface area contributed by atoms with Crippen LogP contribution < -0.4 is 124 Å². The Labute approximate surface area is 242 Å². The van der Waals surface area contributed by atoms with Crippen molar-refractivity contribution in [2.75, 3.05) is 0 Å². The minimum absolute atomic E-state index is 0. The van der Waals surface area contributed by atoms with Crippen molar-refractivity contribution >= 4 is 29.8 Å². The van der Waals surface area contributed by atoms with Crippen molar-refractivity contribution in [3.05, 3.63) is 0 Å². The van der Waals surface area contributed by atoms with Gasteiger partial charge < -0.3 is 42.1 Å². The topological polar surface area (TPSA) is 233 Å². The molecule has 0 rings (SSSR count). The fourth-order valence-corrected chi connectivity index (χ4v) is 1.36. The molecule has 0 aliphatic heterocycles. The number of hydrogen-bond acceptors (Lipinski definition) is 7. The number of carbonyl (C=O) groups is 5. The van der Waals surface area contributed by atoms with Gasteiger partial charge in [-0.05, 0) is 0 Å². The van der Waals surface area contributed by atoms with Crippen LogP contribution in [0.3, 0.4) is 0 Å². The van der Waals surface area contributed by atoms with Crippen LogP contribution in [-0.4, -0.2) is 67.4 Å². The molecule has 0 fully saturated rings. The Morgan fingerprint density at radius 2 is 1.19 bits per heavy atom. The first kappa shape index (κ1) is 41.6. The number of rotatable bonds is 9. The standard InChI is InChI=1S/C10H13NO10.4Na.H2O.4H/c11-4(1-5(12)13)8(18)21-10(9(19)20,2-6(14)15)3-7(16)17;;;;;;;;;/h4H,1-3,11H2,(H,12,13)(H,14,15)(H,16,17)(H,19,20);;;;;1H2;;;;/q;4*+1;;4*-1/t4-;;;;;;;;;/m0........./s1. The molecule has 1 atom stereocenters. The predicted octanol–water partition coefficient (Wildman–Crippen LogP) is -14.3. The Hall–Kier alpha value is 1.27. The molecule has 0 amide bonds. The summed E-state index contributed by atoms with van der Waals surface area (Å²) in [4.78, 5) is 54.3. The first-order chi connectivity index (χ1) is 9.50. The van der Waals surface area contributed by atoms with Crippen LogP contribution in [0.5, 0.6) is 0 Å². The van der Waals surface area contributed by atoms with Gasteiger partial charge in [0.15, 0.2) is 0 Å². The summed E-state index contributed by atoms with van der Waals surface area (Å²) >= 11 is 0. The molecule has 0 radical (unpaired) electrons. The van der Waals surface area contributed by atoms with Gasteiger partial charge in [-0.2, -0.15) is 0 Å². The normalized spacial score (nSPS) is 9.88. The van der Waals surface area contributed by atoms with Gasteiger partial charge in [0.2, 0.25) is 5.60 Å². The molecule has 134 valence electrons. The molecule has 12 nitrogen and oxygen atoms in total. The summed E-state index contributed by atoms with van der Waals surface area (Å²) in [5, 5.41) is 34.7. The van der Waals surface area contributed by atoms with Crippen molar-refractivity contribution in [1.29, 1.82) is 0 Å². The number of aliphatic carboxylic acids is 4. The first-order valence-electron chi connectivity index (χ1n) is 5.37. The molecule has 0 unspecified atom stereocenters. The molecule has 26 heavy (non-hydrogen) atoms. The molecule has 8 N–H and O–H groups in total. The quantitative estimate of drug-likeness (QED) is 0.173. The van der Waals surface area contributed by atoms with Crippen LogP contribution in [0.25, 0.3) is 0 Å². The Morgan fingerprint density at radius 1 is 0.846 bits per heavy atom. The van der Waals surface area contributed by atoms with Crippen LogP contribution in [-0.2, 0) is 28.7 Å². The van der Waals surface area contributed by atoms with Gasteiger partial charge in [0, 0.05) is 0 Å². The second kappa shape index (κ2) is 19.6. The monoisotopic (exact) mass is 421 g/mol. The van der Waals surface area contributed by atoms with Gasteiger partial charge in [-0.1, -0.05) is 0 Å². The zero-order valence-corrected chi connectivity index (χ0v) is 23.0. The number of ether oxygens (including phenoxy) is 1. The summed E-state index contributed by atoms with van der Waals surface area (Å²) in [6.45, 7) is 0. The van der Waals surface area contributed by atoms with Crippen molar-refractivity contribution in [3.63, 3.8) is 0 Å². The van der Waals surface area contributed by atoms with Crippen LogP contribution in [0.1, 0.15) is 25.0 Å². The van der Waals surface area contributed by atoms with Crippen LogP contribution >= 0.6 is 0 Å². The van der Waals surface area contributed by atoms with Crippen LogP contribution in [0.4, 0.5) is 0 Å². The van der Waals surface area contributed by atoms with Gasteiger partial charge >= 0.3 is 148 Å². The van der Waals surface area contributed by atoms with E-state index in [-0.39, 0.29) is 129 Å². The Kier molecular flexibility index (Phi) is 31.3. The van der Waals surface area contributed by atoms with Crippen LogP contribution in [0.15, 0.2) is 0 Å². The Balaban J connectivity index is -0.0000000556. The van der Waals surface area contributed by atoms with Crippen molar-refractivity contribution in [3.8, 4) is 0 Å². The summed E-state index contributed by atoms with van der Waals surface area (Å²) in [6, 6.07) is -1.76. The van der Waals surface area contributed by atoms with E-state index in [0.717, 1.165) is 0 Å². The largest absolute Gasteiger partial charge is 1.00 e. The fraction of sp³-hybridized carbons (Fsp3) is 0.500. The average molecular weight is 421 g/mol. The first-order valence-corrected chi connectivity index (χ1v) is 5.37. The van der Waals surface area contributed by atoms with Gasteiger partial charge in [-0.15, -0.1) is 0 Å². The summed E-state index contributed by atoms with van der Waals surface area (Å²) in [6.07, 6.45) is -3.53. The summed E-state index contributed by atoms with van der Waals surface area (Å²) in [7, 11) is 0. The minimum atomic E-state index is -2.87. The van der Waals surface area contributed by atoms with E-state index in [4.69, 9.17) is 26.2 Å². The van der Waals surface area contributed by atoms with Gasteiger partial charge in [0.1, 0.15) is 6.04 Å². The van der Waals surface area contributed by atoms with Crippen molar-refractivity contribution in [1.82, 2.24) is 0 Å². The second-order valence-corrected chi connectivity index (χ2v) is 4.07. The third-order valence-electron chi connectivity index (χ3n) is 2.26. The number of nitrogens with two attached hydrogens (primary N) is 1. The van der Waals surface area contributed by atoms with E-state index in [1.165, 1.54) is 0 Å². The Morgan fingerprint density at radius 3 is 1.42 bits per heavy atom. The molecule has 16 heteroatoms. The number of carbonyl (C=O) groups excluding carboxylic acids is 1. The molecule has 0 bridgehead atoms. The molecular weight excluding hydrogens is 402 g/mol. The number of carboxylic acids is 4. The van der Waals surface area contributed by atoms with Gasteiger partial charge in [0.25, 0.3) is 0 Å². The summed E-state index contributed by atoms with van der Waals surface area (Å²) < 4.78 is 4.40. The van der Waals surface area contributed by atoms with Crippen molar-refractivity contribution in [2.45, 2.75) is 30.9 Å². The van der Waals surface area contributed by atoms with E-state index in [1.807, 2.05) is 0 Å². The molecular formula is C10H19NNa4O11. The number of hydrogen-bond donors (Lipinski definition) is 5. The predicted molar refractivity (Wildman–Crippen MR) is 69.3 cm³/mol. The van der Waals surface area contributed by atoms with Crippen LogP contribution in [0.2, 0.25) is 0 Å². The van der Waals surface area contributed by atoms with Gasteiger partial charge in [-0.3, -0.25) is 19.2 Å². The second-order valence-electron chi connectivity index (χ2n) is 4.07. The SMILES string of the molecule is N[C@@H](CC(=O)O)C(=O)OC(CC(=O)O)(CC(=O)O)C(=O)O.O.[H-].[H-].[H-].[H-].[Na+].[Na+].[Na+].[Na+]. The molecule has 0 aliphatic rings. The van der Waals surface area contributed by atoms with Crippen molar-refractivity contribution in [2.24, 2.45) is 5.73 Å². The van der Waals surface area contributed by atoms with E-state index >= 15 is 0 Å². The molecule has 0 aromatic heterocycles. The van der Waals surface area contributed by atoms with E-state index in [0.29, 0.717) is 0 Å². The van der Waals surface area contributed by atoms with E-state index in [9.17, 15) is 24.0 Å². The summed E-state index contributed by atoms with van der Waals surface area (Å²) in [5.74, 6) is -8.45. The molecule has 0 heterocycles. The minimum Gasteiger partial charge on any atom is -1.00 e. The number of esters is 1. The zero-order valence-electron chi connectivity index (χ0n) is 19.0. The maximum atomic E-state index is 11.5. The van der Waals surface area contributed by atoms with E-state index in [2.05, 4.69) is 4.74 Å². The molecule has 0 saturated heterocycles. The molecule has 0 aromatic carbocycles. The maximum absolute atomic E-state index is 11.5. The molecule has 0 aromatic rings. The number of carboxylic acid groups (broad SMARTS) is 4. The summed E-state index contributed by atoms with van der Waals surface area (Å²) in [5.41, 5.74) is 2.27. The average Bonchev–Trinajstić information content (AvgIpc) is 2.25. The Bertz CT molecular complexity index is 489. The van der Waals surface area contributed by atoms with E-state index in [1.54, 1.807) is 0 Å². The smallest absolute Gasteiger partial charge is 1.00 e.